The fourth-order valence-corrected chi connectivity index (χ4v) is 3.37. The Balaban J connectivity index is 1.88. The number of rotatable bonds is 7. The summed E-state index contributed by atoms with van der Waals surface area (Å²) in [5.41, 5.74) is 2.62. The average molecular weight is 451 g/mol. The van der Waals surface area contributed by atoms with Gasteiger partial charge in [-0.25, -0.2) is 14.8 Å². The van der Waals surface area contributed by atoms with E-state index >= 15 is 0 Å². The molecule has 0 fully saturated rings. The van der Waals surface area contributed by atoms with E-state index in [2.05, 4.69) is 9.97 Å². The van der Waals surface area contributed by atoms with Crippen molar-refractivity contribution in [2.45, 2.75) is 32.1 Å². The number of ether oxygens (including phenoxy) is 1. The van der Waals surface area contributed by atoms with Crippen molar-refractivity contribution in [3.05, 3.63) is 48.4 Å². The van der Waals surface area contributed by atoms with Gasteiger partial charge in [0.2, 0.25) is 0 Å². The smallest absolute Gasteiger partial charge is 0.410 e. The van der Waals surface area contributed by atoms with Crippen LogP contribution in [0.4, 0.5) is 18.0 Å². The van der Waals surface area contributed by atoms with Gasteiger partial charge in [0.1, 0.15) is 6.04 Å². The van der Waals surface area contributed by atoms with E-state index in [1.54, 1.807) is 49.0 Å². The van der Waals surface area contributed by atoms with Crippen LogP contribution >= 0.6 is 0 Å². The quantitative estimate of drug-likeness (QED) is 0.574. The maximum atomic E-state index is 12.9. The number of imidazole rings is 1. The second kappa shape index (κ2) is 9.43. The summed E-state index contributed by atoms with van der Waals surface area (Å²) in [4.78, 5) is 22.5. The maximum Gasteiger partial charge on any atom is 0.410 e. The third-order valence-corrected chi connectivity index (χ3v) is 5.15. The molecule has 8 nitrogen and oxygen atoms in total. The van der Waals surface area contributed by atoms with Crippen molar-refractivity contribution in [2.75, 3.05) is 20.3 Å². The Morgan fingerprint density at radius 2 is 2.12 bits per heavy atom. The molecular weight excluding hydrogens is 427 g/mol. The number of amides is 2. The van der Waals surface area contributed by atoms with E-state index in [-0.39, 0.29) is 6.54 Å². The molecule has 3 aromatic rings. The predicted molar refractivity (Wildman–Crippen MR) is 111 cm³/mol. The molecule has 0 aliphatic heterocycles. The number of benzene rings is 1. The number of fused-ring (bicyclic) bond motifs is 1. The van der Waals surface area contributed by atoms with Crippen molar-refractivity contribution >= 4 is 11.7 Å². The molecule has 0 unspecified atom stereocenters. The lowest BCUT2D eigenvalue weighted by molar-refractivity contribution is -0.161. The highest BCUT2D eigenvalue weighted by Gasteiger charge is 2.41. The Kier molecular flexibility index (Phi) is 6.87. The first kappa shape index (κ1) is 23.3. The van der Waals surface area contributed by atoms with E-state index in [1.807, 2.05) is 17.4 Å². The van der Waals surface area contributed by atoms with Crippen molar-refractivity contribution in [1.82, 2.24) is 24.6 Å². The molecule has 11 heteroatoms. The highest BCUT2D eigenvalue weighted by Crippen LogP contribution is 2.28. The number of hydrogen-bond donors (Lipinski definition) is 2. The van der Waals surface area contributed by atoms with Crippen molar-refractivity contribution in [1.29, 1.82) is 0 Å². The molecule has 1 aromatic carbocycles. The van der Waals surface area contributed by atoms with Crippen LogP contribution in [0.15, 0.2) is 42.9 Å². The Morgan fingerprint density at radius 1 is 1.38 bits per heavy atom. The molecule has 0 saturated carbocycles. The van der Waals surface area contributed by atoms with E-state index in [9.17, 15) is 18.0 Å². The van der Waals surface area contributed by atoms with Crippen molar-refractivity contribution in [3.8, 4) is 17.1 Å². The fraction of sp³-hybridized carbons (Fsp3) is 0.381. The van der Waals surface area contributed by atoms with Gasteiger partial charge in [-0.1, -0.05) is 18.2 Å². The number of aromatic nitrogens is 3. The van der Waals surface area contributed by atoms with Crippen LogP contribution < -0.4 is 10.1 Å². The summed E-state index contributed by atoms with van der Waals surface area (Å²) in [6.07, 6.45) is 0.425. The largest absolute Gasteiger partial charge is 0.478 e. The molecule has 2 amide bonds. The van der Waals surface area contributed by atoms with Crippen molar-refractivity contribution in [2.24, 2.45) is 0 Å². The van der Waals surface area contributed by atoms with Gasteiger partial charge < -0.3 is 24.5 Å². The first-order valence-corrected chi connectivity index (χ1v) is 9.92. The van der Waals surface area contributed by atoms with E-state index in [1.165, 1.54) is 12.0 Å². The molecule has 0 radical (unpaired) electrons. The summed E-state index contributed by atoms with van der Waals surface area (Å²) in [5.74, 6) is 0.350. The molecule has 2 heterocycles. The number of aliphatic hydroxyl groups is 1. The monoisotopic (exact) mass is 451 g/mol. The minimum Gasteiger partial charge on any atom is -0.478 e. The van der Waals surface area contributed by atoms with Gasteiger partial charge in [0.05, 0.1) is 25.5 Å². The SMILES string of the molecule is CCN(C(=O)N[C@H](CO)C(F)(F)F)[C@H](C)c1cccc(-c2cn3ccnc3c(OC)n2)c1. The normalized spacial score (nSPS) is 13.6. The number of carbonyl (C=O) groups excluding carboxylic acids is 1. The average Bonchev–Trinajstić information content (AvgIpc) is 3.25. The van der Waals surface area contributed by atoms with E-state index in [0.717, 1.165) is 5.56 Å². The molecule has 0 aliphatic rings. The first-order valence-electron chi connectivity index (χ1n) is 9.92. The number of carbonyl (C=O) groups is 1. The molecular formula is C21H24F3N5O3. The minimum atomic E-state index is -4.75. The fourth-order valence-electron chi connectivity index (χ4n) is 3.37. The number of aliphatic hydroxyl groups excluding tert-OH is 1. The zero-order valence-electron chi connectivity index (χ0n) is 17.8. The minimum absolute atomic E-state index is 0.167. The highest BCUT2D eigenvalue weighted by molar-refractivity contribution is 5.75. The topological polar surface area (TPSA) is 92.0 Å². The standard InChI is InChI=1S/C21H24F3N5O3/c1-4-29(20(31)27-17(12-30)21(22,23)24)13(2)14-6-5-7-15(10-14)16-11-28-9-8-25-18(28)19(26-16)32-3/h5-11,13,17,30H,4,12H2,1-3H3,(H,27,31)/t13-,17-/m1/s1. The van der Waals surface area contributed by atoms with Crippen LogP contribution in [0.3, 0.4) is 0 Å². The van der Waals surface area contributed by atoms with Crippen molar-refractivity contribution in [3.63, 3.8) is 0 Å². The van der Waals surface area contributed by atoms with Crippen molar-refractivity contribution < 1.29 is 27.8 Å². The van der Waals surface area contributed by atoms with Crippen LogP contribution in [-0.4, -0.2) is 62.9 Å². The molecule has 2 N–H and O–H groups in total. The van der Waals surface area contributed by atoms with Gasteiger partial charge in [0.15, 0.2) is 5.65 Å². The van der Waals surface area contributed by atoms with E-state index in [0.29, 0.717) is 22.8 Å². The van der Waals surface area contributed by atoms with E-state index in [4.69, 9.17) is 9.84 Å². The number of hydrogen-bond acceptors (Lipinski definition) is 5. The summed E-state index contributed by atoms with van der Waals surface area (Å²) in [7, 11) is 1.50. The second-order valence-corrected chi connectivity index (χ2v) is 7.11. The lowest BCUT2D eigenvalue weighted by Gasteiger charge is -2.31. The van der Waals surface area contributed by atoms with Crippen LogP contribution in [0.1, 0.15) is 25.5 Å². The number of urea groups is 1. The zero-order valence-corrected chi connectivity index (χ0v) is 17.8. The molecule has 3 rings (SSSR count). The summed E-state index contributed by atoms with van der Waals surface area (Å²) in [5, 5.41) is 10.9. The lowest BCUT2D eigenvalue weighted by Crippen LogP contribution is -2.52. The highest BCUT2D eigenvalue weighted by atomic mass is 19.4. The molecule has 2 aromatic heterocycles. The lowest BCUT2D eigenvalue weighted by atomic mass is 10.0. The van der Waals surface area contributed by atoms with Gasteiger partial charge in [-0.3, -0.25) is 0 Å². The van der Waals surface area contributed by atoms with Gasteiger partial charge in [0.25, 0.3) is 5.88 Å². The number of nitrogens with zero attached hydrogens (tertiary/aromatic N) is 4. The van der Waals surface area contributed by atoms with Gasteiger partial charge in [-0.05, 0) is 25.5 Å². The number of nitrogens with one attached hydrogen (secondary N) is 1. The van der Waals surface area contributed by atoms with Gasteiger partial charge >= 0.3 is 12.2 Å². The van der Waals surface area contributed by atoms with Gasteiger partial charge in [-0.15, -0.1) is 0 Å². The molecule has 0 aliphatic carbocycles. The number of halogens is 3. The molecule has 172 valence electrons. The Hall–Kier alpha value is -3.34. The number of alkyl halides is 3. The van der Waals surface area contributed by atoms with Gasteiger partial charge in [0, 0.05) is 30.7 Å². The summed E-state index contributed by atoms with van der Waals surface area (Å²) >= 11 is 0. The van der Waals surface area contributed by atoms with E-state index < -0.39 is 30.9 Å². The maximum absolute atomic E-state index is 12.9. The molecule has 0 bridgehead atoms. The number of methoxy groups -OCH3 is 1. The molecule has 32 heavy (non-hydrogen) atoms. The first-order chi connectivity index (χ1) is 15.2. The summed E-state index contributed by atoms with van der Waals surface area (Å²) < 4.78 is 45.9. The van der Waals surface area contributed by atoms with Crippen LogP contribution in [0, 0.1) is 0 Å². The summed E-state index contributed by atoms with van der Waals surface area (Å²) in [6.45, 7) is 2.32. The molecule has 0 spiro atoms. The Morgan fingerprint density at radius 3 is 2.75 bits per heavy atom. The zero-order chi connectivity index (χ0) is 23.5. The van der Waals surface area contributed by atoms with Crippen LogP contribution in [0.5, 0.6) is 5.88 Å². The third-order valence-electron chi connectivity index (χ3n) is 5.15. The van der Waals surface area contributed by atoms with Gasteiger partial charge in [-0.2, -0.15) is 13.2 Å². The summed E-state index contributed by atoms with van der Waals surface area (Å²) in [6, 6.07) is 3.44. The van der Waals surface area contributed by atoms with Crippen LogP contribution in [0.25, 0.3) is 16.9 Å². The molecule has 0 saturated heterocycles. The van der Waals surface area contributed by atoms with Crippen LogP contribution in [0.2, 0.25) is 0 Å². The Labute approximate surface area is 182 Å². The Bertz CT molecular complexity index is 1090. The predicted octanol–water partition coefficient (Wildman–Crippen LogP) is 3.42. The van der Waals surface area contributed by atoms with Crippen LogP contribution in [-0.2, 0) is 0 Å². The second-order valence-electron chi connectivity index (χ2n) is 7.11. The molecule has 2 atom stereocenters. The third kappa shape index (κ3) is 4.77.